The molecule has 31 heavy (non-hydrogen) atoms. The Morgan fingerprint density at radius 1 is 1.06 bits per heavy atom. The molecule has 4 N–H and O–H groups in total. The van der Waals surface area contributed by atoms with Crippen molar-refractivity contribution in [3.05, 3.63) is 60.2 Å². The zero-order chi connectivity index (χ0) is 23.2. The van der Waals surface area contributed by atoms with Crippen molar-refractivity contribution in [1.82, 2.24) is 4.98 Å². The lowest BCUT2D eigenvalue weighted by atomic mass is 9.92. The summed E-state index contributed by atoms with van der Waals surface area (Å²) in [5.74, 6) is 0.481. The van der Waals surface area contributed by atoms with Crippen molar-refractivity contribution in [3.8, 4) is 0 Å². The van der Waals surface area contributed by atoms with Crippen LogP contribution in [-0.2, 0) is 22.4 Å². The molecule has 0 saturated carbocycles. The molecule has 1 heterocycles. The molecule has 0 bridgehead atoms. The molecule has 0 fully saturated rings. The maximum Gasteiger partial charge on any atom is 0.224 e. The zero-order valence-electron chi connectivity index (χ0n) is 19.6. The number of aryl methyl sites for hydroxylation is 2. The highest BCUT2D eigenvalue weighted by Gasteiger charge is 2.17. The van der Waals surface area contributed by atoms with E-state index in [1.165, 1.54) is 0 Å². The van der Waals surface area contributed by atoms with Gasteiger partial charge in [-0.1, -0.05) is 20.8 Å². The number of nitrogens with two attached hydrogens (primary N) is 1. The van der Waals surface area contributed by atoms with Crippen molar-refractivity contribution in [2.24, 2.45) is 5.41 Å². The fourth-order valence-electron chi connectivity index (χ4n) is 3.15. The van der Waals surface area contributed by atoms with Crippen molar-refractivity contribution < 1.29 is 9.53 Å². The van der Waals surface area contributed by atoms with Crippen molar-refractivity contribution in [2.45, 2.75) is 66.4 Å². The number of aromatic nitrogens is 1. The van der Waals surface area contributed by atoms with Gasteiger partial charge in [-0.25, -0.2) is 0 Å². The highest BCUT2D eigenvalue weighted by atomic mass is 16.5. The number of nitrogens with one attached hydrogen (secondary N) is 2. The Kier molecular flexibility index (Phi) is 7.71. The number of nitrogens with zero attached hydrogens (tertiary/aromatic N) is 1. The Morgan fingerprint density at radius 2 is 1.77 bits per heavy atom. The zero-order valence-corrected chi connectivity index (χ0v) is 19.6. The fourth-order valence-corrected chi connectivity index (χ4v) is 3.15. The van der Waals surface area contributed by atoms with Gasteiger partial charge in [0.2, 0.25) is 5.91 Å². The number of carbonyl (C=O) groups is 1. The molecule has 0 saturated heterocycles. The first-order valence-corrected chi connectivity index (χ1v) is 10.6. The highest BCUT2D eigenvalue weighted by molar-refractivity contribution is 5.92. The number of carbonyl (C=O) groups excluding carboxylic acids is 1. The van der Waals surface area contributed by atoms with E-state index in [-0.39, 0.29) is 16.9 Å². The Balaban J connectivity index is 2.07. The number of hydrogen-bond acceptors (Lipinski definition) is 5. The monoisotopic (exact) mass is 424 g/mol. The number of pyridine rings is 1. The van der Waals surface area contributed by atoms with Crippen molar-refractivity contribution in [3.63, 3.8) is 0 Å². The minimum Gasteiger partial charge on any atom is -0.474 e. The lowest BCUT2D eigenvalue weighted by molar-refractivity contribution is -0.117. The van der Waals surface area contributed by atoms with E-state index >= 15 is 0 Å². The summed E-state index contributed by atoms with van der Waals surface area (Å²) in [4.78, 5) is 16.7. The largest absolute Gasteiger partial charge is 0.474 e. The lowest BCUT2D eigenvalue weighted by Gasteiger charge is -2.23. The van der Waals surface area contributed by atoms with E-state index in [4.69, 9.17) is 10.5 Å². The molecule has 0 atom stereocenters. The summed E-state index contributed by atoms with van der Waals surface area (Å²) in [5.41, 5.74) is 9.96. The van der Waals surface area contributed by atoms with Gasteiger partial charge in [0.25, 0.3) is 0 Å². The minimum atomic E-state index is -0.323. The number of rotatable bonds is 8. The third-order valence-corrected chi connectivity index (χ3v) is 4.29. The fraction of sp³-hybridized carbons (Fsp3) is 0.440. The van der Waals surface area contributed by atoms with E-state index in [0.29, 0.717) is 18.0 Å². The van der Waals surface area contributed by atoms with E-state index in [2.05, 4.69) is 22.2 Å². The predicted octanol–water partition coefficient (Wildman–Crippen LogP) is 5.52. The molecule has 0 radical (unpaired) electrons. The van der Waals surface area contributed by atoms with Crippen LogP contribution in [0.5, 0.6) is 0 Å². The van der Waals surface area contributed by atoms with Crippen molar-refractivity contribution >= 4 is 23.0 Å². The van der Waals surface area contributed by atoms with Crippen LogP contribution >= 0.6 is 0 Å². The molecule has 2 rings (SSSR count). The Morgan fingerprint density at radius 3 is 2.42 bits per heavy atom. The molecule has 1 aromatic heterocycles. The summed E-state index contributed by atoms with van der Waals surface area (Å²) in [6.45, 7) is 16.0. The first-order valence-electron chi connectivity index (χ1n) is 10.6. The molecule has 1 amide bonds. The Labute approximate surface area is 186 Å². The van der Waals surface area contributed by atoms with E-state index < -0.39 is 0 Å². The van der Waals surface area contributed by atoms with Crippen LogP contribution in [0.4, 0.5) is 17.1 Å². The number of amides is 1. The average molecular weight is 425 g/mol. The van der Waals surface area contributed by atoms with E-state index in [0.717, 1.165) is 35.3 Å². The second kappa shape index (κ2) is 9.86. The third-order valence-electron chi connectivity index (χ3n) is 4.29. The van der Waals surface area contributed by atoms with E-state index in [1.807, 2.05) is 72.0 Å². The Bertz CT molecular complexity index is 924. The van der Waals surface area contributed by atoms with Gasteiger partial charge in [0.05, 0.1) is 11.9 Å². The van der Waals surface area contributed by atoms with Crippen LogP contribution in [0.15, 0.2) is 49.1 Å². The van der Waals surface area contributed by atoms with Gasteiger partial charge in [-0.15, -0.1) is 0 Å². The van der Waals surface area contributed by atoms with Gasteiger partial charge in [-0.05, 0) is 81.0 Å². The van der Waals surface area contributed by atoms with E-state index in [9.17, 15) is 4.79 Å². The van der Waals surface area contributed by atoms with Gasteiger partial charge >= 0.3 is 0 Å². The summed E-state index contributed by atoms with van der Waals surface area (Å²) < 4.78 is 5.72. The molecule has 2 aromatic rings. The second-order valence-corrected chi connectivity index (χ2v) is 10.0. The molecular formula is C25H36N4O2. The highest BCUT2D eigenvalue weighted by Crippen LogP contribution is 2.24. The average Bonchev–Trinajstić information content (AvgIpc) is 2.59. The summed E-state index contributed by atoms with van der Waals surface area (Å²) >= 11 is 0. The molecule has 6 nitrogen and oxygen atoms in total. The number of hydrogen-bond donors (Lipinski definition) is 3. The van der Waals surface area contributed by atoms with Crippen LogP contribution in [0.2, 0.25) is 0 Å². The van der Waals surface area contributed by atoms with Gasteiger partial charge in [0.15, 0.2) is 5.88 Å². The van der Waals surface area contributed by atoms with Gasteiger partial charge in [0, 0.05) is 24.0 Å². The van der Waals surface area contributed by atoms with Crippen LogP contribution in [0, 0.1) is 5.41 Å². The Hall–Kier alpha value is -3.02. The number of nitrogen functional groups attached to an aromatic ring is 1. The third kappa shape index (κ3) is 9.11. The van der Waals surface area contributed by atoms with E-state index in [1.54, 1.807) is 6.20 Å². The molecule has 0 aliphatic carbocycles. The molecule has 0 aliphatic heterocycles. The maximum absolute atomic E-state index is 12.4. The molecule has 0 spiro atoms. The summed E-state index contributed by atoms with van der Waals surface area (Å²) in [5, 5.41) is 6.19. The normalized spacial score (nSPS) is 11.7. The number of ether oxygens (including phenoxy) is 1. The topological polar surface area (TPSA) is 89.3 Å². The van der Waals surface area contributed by atoms with Crippen LogP contribution in [-0.4, -0.2) is 16.5 Å². The van der Waals surface area contributed by atoms with Gasteiger partial charge in [-0.2, -0.15) is 0 Å². The van der Waals surface area contributed by atoms with Crippen LogP contribution < -0.4 is 16.4 Å². The maximum atomic E-state index is 12.4. The van der Waals surface area contributed by atoms with Gasteiger partial charge in [0.1, 0.15) is 5.60 Å². The van der Waals surface area contributed by atoms with Crippen LogP contribution in [0.1, 0.15) is 59.1 Å². The standard InChI is InChI=1S/C25H36N4O2/c1-17(31-25(5,6)7)28-21-12-18(15-27-16-21)8-9-19-13-20(26)10-11-22(19)29-23(30)14-24(2,3)4/h10-13,15-16,28H,1,8-9,14,26H2,2-7H3,(H,29,30). The molecule has 0 aliphatic rings. The van der Waals surface area contributed by atoms with Gasteiger partial charge in [-0.3, -0.25) is 9.78 Å². The summed E-state index contributed by atoms with van der Waals surface area (Å²) in [6.07, 6.45) is 5.50. The molecule has 168 valence electrons. The molecule has 6 heteroatoms. The first-order chi connectivity index (χ1) is 14.3. The predicted molar refractivity (Wildman–Crippen MR) is 129 cm³/mol. The van der Waals surface area contributed by atoms with Crippen LogP contribution in [0.25, 0.3) is 0 Å². The van der Waals surface area contributed by atoms with Gasteiger partial charge < -0.3 is 21.1 Å². The minimum absolute atomic E-state index is 0.00347. The smallest absolute Gasteiger partial charge is 0.224 e. The summed E-state index contributed by atoms with van der Waals surface area (Å²) in [6, 6.07) is 7.62. The van der Waals surface area contributed by atoms with Crippen molar-refractivity contribution in [2.75, 3.05) is 16.4 Å². The summed E-state index contributed by atoms with van der Waals surface area (Å²) in [7, 11) is 0. The van der Waals surface area contributed by atoms with Crippen LogP contribution in [0.3, 0.4) is 0 Å². The molecule has 1 aromatic carbocycles. The first kappa shape index (κ1) is 24.3. The number of anilines is 3. The lowest BCUT2D eigenvalue weighted by Crippen LogP contribution is -2.21. The molecular weight excluding hydrogens is 388 g/mol. The quantitative estimate of drug-likeness (QED) is 0.383. The second-order valence-electron chi connectivity index (χ2n) is 10.0. The van der Waals surface area contributed by atoms with Crippen molar-refractivity contribution in [1.29, 1.82) is 0 Å². The molecule has 0 unspecified atom stereocenters. The number of benzene rings is 1. The SMILES string of the molecule is C=C(Nc1cncc(CCc2cc(N)ccc2NC(=O)CC(C)(C)C)c1)OC(C)(C)C.